The van der Waals surface area contributed by atoms with Crippen LogP contribution in [0.2, 0.25) is 0 Å². The molecule has 3 heteroatoms. The fourth-order valence-corrected chi connectivity index (χ4v) is 2.42. The molecule has 0 radical (unpaired) electrons. The third-order valence-electron chi connectivity index (χ3n) is 3.76. The Balaban J connectivity index is 1.79. The number of amides is 1. The molecule has 1 amide bonds. The van der Waals surface area contributed by atoms with E-state index in [4.69, 9.17) is 0 Å². The number of aryl methyl sites for hydroxylation is 1. The lowest BCUT2D eigenvalue weighted by Crippen LogP contribution is -2.52. The van der Waals surface area contributed by atoms with Crippen molar-refractivity contribution < 1.29 is 4.79 Å². The van der Waals surface area contributed by atoms with Crippen molar-refractivity contribution in [3.63, 3.8) is 0 Å². The van der Waals surface area contributed by atoms with Gasteiger partial charge in [0, 0.05) is 19.1 Å². The van der Waals surface area contributed by atoms with Gasteiger partial charge in [-0.3, -0.25) is 4.79 Å². The highest BCUT2D eigenvalue weighted by atomic mass is 16.2. The molecule has 0 bridgehead atoms. The minimum atomic E-state index is 0.191. The van der Waals surface area contributed by atoms with Crippen LogP contribution >= 0.6 is 0 Å². The first-order valence-electron chi connectivity index (χ1n) is 7.34. The molecule has 0 spiro atoms. The van der Waals surface area contributed by atoms with Gasteiger partial charge in [0.2, 0.25) is 5.91 Å². The number of rotatable bonds is 7. The number of carbonyl (C=O) groups is 1. The van der Waals surface area contributed by atoms with E-state index in [-0.39, 0.29) is 11.8 Å². The molecule has 0 aliphatic carbocycles. The van der Waals surface area contributed by atoms with E-state index < -0.39 is 0 Å². The van der Waals surface area contributed by atoms with Crippen molar-refractivity contribution in [1.29, 1.82) is 0 Å². The van der Waals surface area contributed by atoms with Gasteiger partial charge in [0.25, 0.3) is 0 Å². The van der Waals surface area contributed by atoms with Gasteiger partial charge in [0.15, 0.2) is 0 Å². The summed E-state index contributed by atoms with van der Waals surface area (Å²) >= 11 is 0. The summed E-state index contributed by atoms with van der Waals surface area (Å²) in [5.41, 5.74) is 1.35. The van der Waals surface area contributed by atoms with Crippen LogP contribution in [-0.4, -0.2) is 25.0 Å². The van der Waals surface area contributed by atoms with E-state index in [0.717, 1.165) is 38.8 Å². The highest BCUT2D eigenvalue weighted by Crippen LogP contribution is 2.11. The van der Waals surface area contributed by atoms with Crippen LogP contribution in [0.25, 0.3) is 0 Å². The highest BCUT2D eigenvalue weighted by molar-refractivity contribution is 5.80. The van der Waals surface area contributed by atoms with Gasteiger partial charge >= 0.3 is 0 Å². The molecule has 1 aliphatic rings. The van der Waals surface area contributed by atoms with E-state index in [1.165, 1.54) is 5.56 Å². The van der Waals surface area contributed by atoms with E-state index in [9.17, 15) is 4.79 Å². The van der Waals surface area contributed by atoms with E-state index in [0.29, 0.717) is 6.04 Å². The zero-order valence-electron chi connectivity index (χ0n) is 11.7. The van der Waals surface area contributed by atoms with Crippen molar-refractivity contribution >= 4 is 5.91 Å². The molecule has 3 nitrogen and oxygen atoms in total. The average molecular weight is 260 g/mol. The third-order valence-corrected chi connectivity index (χ3v) is 3.76. The number of nitrogens with one attached hydrogen (secondary N) is 2. The maximum Gasteiger partial charge on any atom is 0.225 e. The number of hydrogen-bond donors (Lipinski definition) is 2. The molecule has 1 heterocycles. The number of benzene rings is 1. The summed E-state index contributed by atoms with van der Waals surface area (Å²) in [5, 5.41) is 6.36. The molecule has 2 rings (SSSR count). The monoisotopic (exact) mass is 260 g/mol. The van der Waals surface area contributed by atoms with Crippen molar-refractivity contribution in [1.82, 2.24) is 10.6 Å². The minimum Gasteiger partial charge on any atom is -0.353 e. The Morgan fingerprint density at radius 2 is 2.05 bits per heavy atom. The molecule has 1 saturated heterocycles. The van der Waals surface area contributed by atoms with Crippen molar-refractivity contribution in [2.45, 2.75) is 38.6 Å². The SMILES string of the molecule is CCCC(CCc1ccccc1)NC(=O)C1CNC1. The Labute approximate surface area is 115 Å². The molecular formula is C16H24N2O. The lowest BCUT2D eigenvalue weighted by molar-refractivity contribution is -0.127. The Kier molecular flexibility index (Phi) is 5.40. The summed E-state index contributed by atoms with van der Waals surface area (Å²) in [6.07, 6.45) is 4.25. The summed E-state index contributed by atoms with van der Waals surface area (Å²) in [4.78, 5) is 12.0. The van der Waals surface area contributed by atoms with Gasteiger partial charge in [-0.1, -0.05) is 43.7 Å². The van der Waals surface area contributed by atoms with Gasteiger partial charge in [-0.25, -0.2) is 0 Å². The molecule has 1 aromatic rings. The Hall–Kier alpha value is -1.35. The quantitative estimate of drug-likeness (QED) is 0.788. The van der Waals surface area contributed by atoms with Crippen molar-refractivity contribution in [3.05, 3.63) is 35.9 Å². The summed E-state index contributed by atoms with van der Waals surface area (Å²) in [6.45, 7) is 3.85. The molecule has 2 N–H and O–H groups in total. The molecule has 1 fully saturated rings. The maximum atomic E-state index is 12.0. The molecule has 1 unspecified atom stereocenters. The van der Waals surface area contributed by atoms with Gasteiger partial charge in [0.05, 0.1) is 5.92 Å². The zero-order chi connectivity index (χ0) is 13.5. The van der Waals surface area contributed by atoms with Gasteiger partial charge in [-0.05, 0) is 24.8 Å². The fraction of sp³-hybridized carbons (Fsp3) is 0.562. The molecule has 1 aliphatic heterocycles. The van der Waals surface area contributed by atoms with E-state index >= 15 is 0 Å². The van der Waals surface area contributed by atoms with Crippen LogP contribution in [0, 0.1) is 5.92 Å². The van der Waals surface area contributed by atoms with Crippen molar-refractivity contribution in [3.8, 4) is 0 Å². The van der Waals surface area contributed by atoms with E-state index in [1.807, 2.05) is 6.07 Å². The van der Waals surface area contributed by atoms with Crippen LogP contribution in [-0.2, 0) is 11.2 Å². The van der Waals surface area contributed by atoms with Crippen LogP contribution in [0.5, 0.6) is 0 Å². The standard InChI is InChI=1S/C16H24N2O/c1-2-6-15(18-16(19)14-11-17-12-14)10-9-13-7-4-3-5-8-13/h3-5,7-8,14-15,17H,2,6,9-12H2,1H3,(H,18,19). The fourth-order valence-electron chi connectivity index (χ4n) is 2.42. The molecule has 19 heavy (non-hydrogen) atoms. The van der Waals surface area contributed by atoms with Crippen LogP contribution in [0.3, 0.4) is 0 Å². The lowest BCUT2D eigenvalue weighted by Gasteiger charge is -2.28. The molecule has 0 saturated carbocycles. The van der Waals surface area contributed by atoms with Crippen LogP contribution < -0.4 is 10.6 Å². The molecule has 1 aromatic carbocycles. The first kappa shape index (κ1) is 14.1. The summed E-state index contributed by atoms with van der Waals surface area (Å²) in [6, 6.07) is 10.8. The average Bonchev–Trinajstić information content (AvgIpc) is 2.35. The van der Waals surface area contributed by atoms with Crippen molar-refractivity contribution in [2.75, 3.05) is 13.1 Å². The minimum absolute atomic E-state index is 0.191. The van der Waals surface area contributed by atoms with Crippen LogP contribution in [0.15, 0.2) is 30.3 Å². The van der Waals surface area contributed by atoms with Gasteiger partial charge in [0.1, 0.15) is 0 Å². The zero-order valence-corrected chi connectivity index (χ0v) is 11.7. The highest BCUT2D eigenvalue weighted by Gasteiger charge is 2.26. The van der Waals surface area contributed by atoms with Gasteiger partial charge < -0.3 is 10.6 Å². The smallest absolute Gasteiger partial charge is 0.225 e. The Morgan fingerprint density at radius 1 is 1.32 bits per heavy atom. The molecule has 1 atom stereocenters. The topological polar surface area (TPSA) is 41.1 Å². The Bertz CT molecular complexity index is 387. The van der Waals surface area contributed by atoms with Gasteiger partial charge in [-0.15, -0.1) is 0 Å². The second-order valence-electron chi connectivity index (χ2n) is 5.37. The number of carbonyl (C=O) groups excluding carboxylic acids is 1. The van der Waals surface area contributed by atoms with Gasteiger partial charge in [-0.2, -0.15) is 0 Å². The van der Waals surface area contributed by atoms with E-state index in [1.54, 1.807) is 0 Å². The van der Waals surface area contributed by atoms with Crippen LogP contribution in [0.4, 0.5) is 0 Å². The lowest BCUT2D eigenvalue weighted by atomic mass is 9.98. The predicted octanol–water partition coefficient (Wildman–Crippen LogP) is 2.12. The Morgan fingerprint density at radius 3 is 2.63 bits per heavy atom. The second-order valence-corrected chi connectivity index (χ2v) is 5.37. The second kappa shape index (κ2) is 7.29. The summed E-state index contributed by atoms with van der Waals surface area (Å²) in [5.74, 6) is 0.418. The van der Waals surface area contributed by atoms with E-state index in [2.05, 4.69) is 41.8 Å². The first-order valence-corrected chi connectivity index (χ1v) is 7.34. The molecular weight excluding hydrogens is 236 g/mol. The van der Waals surface area contributed by atoms with Crippen molar-refractivity contribution in [2.24, 2.45) is 5.92 Å². The predicted molar refractivity (Wildman–Crippen MR) is 78.0 cm³/mol. The molecule has 104 valence electrons. The maximum absolute atomic E-state index is 12.0. The molecule has 0 aromatic heterocycles. The normalized spacial score (nSPS) is 16.7. The summed E-state index contributed by atoms with van der Waals surface area (Å²) < 4.78 is 0. The summed E-state index contributed by atoms with van der Waals surface area (Å²) in [7, 11) is 0. The van der Waals surface area contributed by atoms with Crippen LogP contribution in [0.1, 0.15) is 31.7 Å². The number of hydrogen-bond acceptors (Lipinski definition) is 2. The largest absolute Gasteiger partial charge is 0.353 e. The first-order chi connectivity index (χ1) is 9.29. The third kappa shape index (κ3) is 4.35.